The van der Waals surface area contributed by atoms with E-state index >= 15 is 0 Å². The van der Waals surface area contributed by atoms with Crippen molar-refractivity contribution in [3.05, 3.63) is 63.1 Å². The van der Waals surface area contributed by atoms with E-state index in [1.54, 1.807) is 29.2 Å². The molecule has 1 N–H and O–H groups in total. The van der Waals surface area contributed by atoms with Gasteiger partial charge in [-0.15, -0.1) is 0 Å². The van der Waals surface area contributed by atoms with Crippen molar-refractivity contribution in [2.75, 3.05) is 6.54 Å². The molecule has 0 bridgehead atoms. The smallest absolute Gasteiger partial charge is 0.290 e. The van der Waals surface area contributed by atoms with Crippen LogP contribution in [0.15, 0.2) is 39.7 Å². The third-order valence-electron chi connectivity index (χ3n) is 3.90. The van der Waals surface area contributed by atoms with Gasteiger partial charge in [-0.25, -0.2) is 4.98 Å². The van der Waals surface area contributed by atoms with Crippen LogP contribution in [0.3, 0.4) is 0 Å². The van der Waals surface area contributed by atoms with Crippen LogP contribution in [0.4, 0.5) is 0 Å². The van der Waals surface area contributed by atoms with E-state index in [1.807, 2.05) is 13.8 Å². The quantitative estimate of drug-likeness (QED) is 0.755. The van der Waals surface area contributed by atoms with Crippen LogP contribution in [-0.4, -0.2) is 27.3 Å². The molecule has 0 aliphatic rings. The molecular formula is C18H18ClN3O3. The Morgan fingerprint density at radius 3 is 2.84 bits per heavy atom. The van der Waals surface area contributed by atoms with Gasteiger partial charge in [0.1, 0.15) is 5.82 Å². The Labute approximate surface area is 149 Å². The van der Waals surface area contributed by atoms with Gasteiger partial charge >= 0.3 is 0 Å². The number of halogens is 1. The number of carbonyl (C=O) groups excluding carboxylic acids is 1. The number of carbonyl (C=O) groups is 1. The summed E-state index contributed by atoms with van der Waals surface area (Å²) in [6, 6.07) is 6.66. The maximum atomic E-state index is 12.7. The van der Waals surface area contributed by atoms with Gasteiger partial charge < -0.3 is 14.3 Å². The zero-order valence-corrected chi connectivity index (χ0v) is 14.8. The summed E-state index contributed by atoms with van der Waals surface area (Å²) < 4.78 is 5.30. The second-order valence-electron chi connectivity index (χ2n) is 5.83. The third kappa shape index (κ3) is 3.58. The zero-order valence-electron chi connectivity index (χ0n) is 14.0. The standard InChI is InChI=1S/C18H18ClN3O3/c1-3-7-22(18(24)16-11(2)6-8-25-16)10-15-20-14-9-12(19)4-5-13(14)17(23)21-15/h4-6,8-9H,3,7,10H2,1-2H3,(H,20,21,23). The van der Waals surface area contributed by atoms with Crippen molar-refractivity contribution in [1.82, 2.24) is 14.9 Å². The molecule has 0 fully saturated rings. The normalized spacial score (nSPS) is 11.0. The maximum Gasteiger partial charge on any atom is 0.290 e. The summed E-state index contributed by atoms with van der Waals surface area (Å²) in [5.74, 6) is 0.489. The van der Waals surface area contributed by atoms with Crippen LogP contribution in [0.5, 0.6) is 0 Å². The molecule has 0 saturated heterocycles. The van der Waals surface area contributed by atoms with E-state index in [4.69, 9.17) is 16.0 Å². The summed E-state index contributed by atoms with van der Waals surface area (Å²) in [4.78, 5) is 33.7. The van der Waals surface area contributed by atoms with Gasteiger partial charge in [-0.1, -0.05) is 18.5 Å². The first-order valence-electron chi connectivity index (χ1n) is 8.01. The molecule has 3 rings (SSSR count). The van der Waals surface area contributed by atoms with Crippen molar-refractivity contribution in [2.24, 2.45) is 0 Å². The molecular weight excluding hydrogens is 342 g/mol. The van der Waals surface area contributed by atoms with Gasteiger partial charge in [0.15, 0.2) is 5.76 Å². The number of nitrogens with one attached hydrogen (secondary N) is 1. The van der Waals surface area contributed by atoms with Crippen molar-refractivity contribution in [1.29, 1.82) is 0 Å². The van der Waals surface area contributed by atoms with E-state index in [2.05, 4.69) is 9.97 Å². The van der Waals surface area contributed by atoms with Gasteiger partial charge in [0, 0.05) is 17.1 Å². The molecule has 0 radical (unpaired) electrons. The monoisotopic (exact) mass is 359 g/mol. The van der Waals surface area contributed by atoms with Crippen LogP contribution >= 0.6 is 11.6 Å². The van der Waals surface area contributed by atoms with Crippen LogP contribution in [-0.2, 0) is 6.54 Å². The molecule has 6 nitrogen and oxygen atoms in total. The maximum absolute atomic E-state index is 12.7. The molecule has 0 unspecified atom stereocenters. The Kier molecular flexibility index (Phi) is 4.90. The second kappa shape index (κ2) is 7.11. The average Bonchev–Trinajstić information content (AvgIpc) is 2.99. The molecule has 130 valence electrons. The van der Waals surface area contributed by atoms with E-state index in [0.29, 0.717) is 34.1 Å². The zero-order chi connectivity index (χ0) is 18.0. The third-order valence-corrected chi connectivity index (χ3v) is 4.13. The van der Waals surface area contributed by atoms with Crippen LogP contribution in [0.25, 0.3) is 10.9 Å². The number of hydrogen-bond donors (Lipinski definition) is 1. The predicted octanol–water partition coefficient (Wildman–Crippen LogP) is 3.53. The average molecular weight is 360 g/mol. The van der Waals surface area contributed by atoms with E-state index in [1.165, 1.54) is 6.26 Å². The summed E-state index contributed by atoms with van der Waals surface area (Å²) in [5.41, 5.74) is 1.02. The molecule has 0 aliphatic carbocycles. The van der Waals surface area contributed by atoms with Gasteiger partial charge in [0.25, 0.3) is 11.5 Å². The van der Waals surface area contributed by atoms with Crippen molar-refractivity contribution < 1.29 is 9.21 Å². The summed E-state index contributed by atoms with van der Waals surface area (Å²) in [6.45, 7) is 4.51. The molecule has 3 aromatic rings. The van der Waals surface area contributed by atoms with Gasteiger partial charge in [0.2, 0.25) is 0 Å². The Morgan fingerprint density at radius 2 is 2.16 bits per heavy atom. The Balaban J connectivity index is 1.95. The minimum Gasteiger partial charge on any atom is -0.459 e. The fourth-order valence-electron chi connectivity index (χ4n) is 2.67. The van der Waals surface area contributed by atoms with Crippen molar-refractivity contribution in [3.63, 3.8) is 0 Å². The Bertz CT molecular complexity index is 977. The van der Waals surface area contributed by atoms with E-state index in [-0.39, 0.29) is 18.0 Å². The van der Waals surface area contributed by atoms with Crippen LogP contribution in [0.1, 0.15) is 35.3 Å². The number of hydrogen-bond acceptors (Lipinski definition) is 4. The van der Waals surface area contributed by atoms with Crippen LogP contribution in [0.2, 0.25) is 5.02 Å². The highest BCUT2D eigenvalue weighted by Crippen LogP contribution is 2.17. The van der Waals surface area contributed by atoms with E-state index in [9.17, 15) is 9.59 Å². The molecule has 1 amide bonds. The minimum atomic E-state index is -0.255. The SMILES string of the molecule is CCCN(Cc1nc2cc(Cl)ccc2c(=O)[nH]1)C(=O)c1occc1C. The van der Waals surface area contributed by atoms with E-state index in [0.717, 1.165) is 12.0 Å². The topological polar surface area (TPSA) is 79.2 Å². The molecule has 0 saturated carbocycles. The summed E-state index contributed by atoms with van der Waals surface area (Å²) in [6.07, 6.45) is 2.26. The number of amides is 1. The molecule has 7 heteroatoms. The van der Waals surface area contributed by atoms with Gasteiger partial charge in [-0.05, 0) is 37.6 Å². The first-order valence-corrected chi connectivity index (χ1v) is 8.39. The highest BCUT2D eigenvalue weighted by Gasteiger charge is 2.21. The largest absolute Gasteiger partial charge is 0.459 e. The lowest BCUT2D eigenvalue weighted by atomic mass is 10.2. The lowest BCUT2D eigenvalue weighted by molar-refractivity contribution is 0.0705. The fourth-order valence-corrected chi connectivity index (χ4v) is 2.84. The van der Waals surface area contributed by atoms with Gasteiger partial charge in [0.05, 0.1) is 23.7 Å². The molecule has 2 aromatic heterocycles. The molecule has 0 spiro atoms. The Morgan fingerprint density at radius 1 is 1.36 bits per heavy atom. The molecule has 2 heterocycles. The summed E-state index contributed by atoms with van der Waals surface area (Å²) >= 11 is 5.99. The molecule has 1 aromatic carbocycles. The highest BCUT2D eigenvalue weighted by atomic mass is 35.5. The number of nitrogens with zero attached hydrogens (tertiary/aromatic N) is 2. The summed E-state index contributed by atoms with van der Waals surface area (Å²) in [7, 11) is 0. The van der Waals surface area contributed by atoms with Crippen LogP contribution < -0.4 is 5.56 Å². The number of benzene rings is 1. The van der Waals surface area contributed by atoms with Gasteiger partial charge in [-0.3, -0.25) is 9.59 Å². The number of aromatic amines is 1. The number of aromatic nitrogens is 2. The number of fused-ring (bicyclic) bond motifs is 1. The number of furan rings is 1. The predicted molar refractivity (Wildman–Crippen MR) is 95.9 cm³/mol. The first-order chi connectivity index (χ1) is 12.0. The fraction of sp³-hybridized carbons (Fsp3) is 0.278. The van der Waals surface area contributed by atoms with Crippen molar-refractivity contribution >= 4 is 28.4 Å². The lowest BCUT2D eigenvalue weighted by Crippen LogP contribution is -2.33. The number of rotatable bonds is 5. The lowest BCUT2D eigenvalue weighted by Gasteiger charge is -2.21. The van der Waals surface area contributed by atoms with Crippen molar-refractivity contribution in [3.8, 4) is 0 Å². The molecule has 0 atom stereocenters. The van der Waals surface area contributed by atoms with Gasteiger partial charge in [-0.2, -0.15) is 0 Å². The summed E-state index contributed by atoms with van der Waals surface area (Å²) in [5, 5.41) is 0.965. The molecule has 0 aliphatic heterocycles. The molecule has 25 heavy (non-hydrogen) atoms. The van der Waals surface area contributed by atoms with Crippen LogP contribution in [0, 0.1) is 6.92 Å². The van der Waals surface area contributed by atoms with Crippen molar-refractivity contribution in [2.45, 2.75) is 26.8 Å². The first kappa shape index (κ1) is 17.2. The highest BCUT2D eigenvalue weighted by molar-refractivity contribution is 6.31. The van der Waals surface area contributed by atoms with E-state index < -0.39 is 0 Å². The Hall–Kier alpha value is -2.60. The minimum absolute atomic E-state index is 0.185. The number of aryl methyl sites for hydroxylation is 1. The number of H-pyrrole nitrogens is 1. The second-order valence-corrected chi connectivity index (χ2v) is 6.27.